The SMILES string of the molecule is C[C@H](Nc1ncc(Cl)c(N2CCCC2=O)n1)c1ccc(CO)c(F)c1. The van der Waals surface area contributed by atoms with Gasteiger partial charge in [0.15, 0.2) is 5.82 Å². The molecule has 1 saturated heterocycles. The zero-order valence-corrected chi connectivity index (χ0v) is 14.4. The number of benzene rings is 1. The lowest BCUT2D eigenvalue weighted by Gasteiger charge is -2.19. The van der Waals surface area contributed by atoms with Crippen molar-refractivity contribution in [3.8, 4) is 0 Å². The third-order valence-electron chi connectivity index (χ3n) is 4.15. The molecule has 2 aromatic rings. The lowest BCUT2D eigenvalue weighted by atomic mass is 10.1. The number of aromatic nitrogens is 2. The maximum atomic E-state index is 13.8. The van der Waals surface area contributed by atoms with Gasteiger partial charge < -0.3 is 10.4 Å². The second kappa shape index (κ2) is 7.33. The van der Waals surface area contributed by atoms with Gasteiger partial charge in [0.1, 0.15) is 10.8 Å². The van der Waals surface area contributed by atoms with E-state index in [1.165, 1.54) is 12.3 Å². The summed E-state index contributed by atoms with van der Waals surface area (Å²) in [5, 5.41) is 12.4. The van der Waals surface area contributed by atoms with Crippen molar-refractivity contribution in [3.63, 3.8) is 0 Å². The number of carbonyl (C=O) groups excluding carboxylic acids is 1. The molecule has 1 amide bonds. The van der Waals surface area contributed by atoms with Crippen molar-refractivity contribution in [2.24, 2.45) is 0 Å². The van der Waals surface area contributed by atoms with Crippen LogP contribution in [0.15, 0.2) is 24.4 Å². The van der Waals surface area contributed by atoms with Crippen LogP contribution < -0.4 is 10.2 Å². The third-order valence-corrected chi connectivity index (χ3v) is 4.41. The van der Waals surface area contributed by atoms with E-state index in [2.05, 4.69) is 15.3 Å². The second-order valence-electron chi connectivity index (χ2n) is 5.89. The average Bonchev–Trinajstić information content (AvgIpc) is 3.02. The lowest BCUT2D eigenvalue weighted by molar-refractivity contribution is -0.117. The Kier molecular flexibility index (Phi) is 5.15. The molecule has 0 aliphatic carbocycles. The normalized spacial score (nSPS) is 15.5. The minimum atomic E-state index is -0.464. The van der Waals surface area contributed by atoms with E-state index >= 15 is 0 Å². The maximum Gasteiger partial charge on any atom is 0.228 e. The van der Waals surface area contributed by atoms with Crippen LogP contribution in [0.2, 0.25) is 5.02 Å². The van der Waals surface area contributed by atoms with E-state index in [1.54, 1.807) is 17.0 Å². The fourth-order valence-corrected chi connectivity index (χ4v) is 2.92. The van der Waals surface area contributed by atoms with Crippen LogP contribution in [0.1, 0.15) is 36.9 Å². The van der Waals surface area contributed by atoms with Crippen molar-refractivity contribution in [1.82, 2.24) is 9.97 Å². The molecule has 0 saturated carbocycles. The van der Waals surface area contributed by atoms with Crippen LogP contribution in [0.3, 0.4) is 0 Å². The van der Waals surface area contributed by atoms with Crippen LogP contribution in [0, 0.1) is 5.82 Å². The second-order valence-corrected chi connectivity index (χ2v) is 6.30. The van der Waals surface area contributed by atoms with Gasteiger partial charge in [0.2, 0.25) is 11.9 Å². The highest BCUT2D eigenvalue weighted by Gasteiger charge is 2.25. The molecule has 0 unspecified atom stereocenters. The van der Waals surface area contributed by atoms with E-state index < -0.39 is 5.82 Å². The molecule has 1 aromatic heterocycles. The summed E-state index contributed by atoms with van der Waals surface area (Å²) in [5.74, 6) is 0.212. The van der Waals surface area contributed by atoms with Crippen molar-refractivity contribution in [1.29, 1.82) is 0 Å². The van der Waals surface area contributed by atoms with Gasteiger partial charge >= 0.3 is 0 Å². The van der Waals surface area contributed by atoms with Crippen molar-refractivity contribution in [3.05, 3.63) is 46.4 Å². The Hall–Kier alpha value is -2.25. The number of nitrogens with one attached hydrogen (secondary N) is 1. The number of hydrogen-bond donors (Lipinski definition) is 2. The molecule has 2 heterocycles. The fraction of sp³-hybridized carbons (Fsp3) is 0.353. The number of carbonyl (C=O) groups is 1. The molecular weight excluding hydrogens is 347 g/mol. The van der Waals surface area contributed by atoms with Crippen LogP contribution in [-0.2, 0) is 11.4 Å². The van der Waals surface area contributed by atoms with Gasteiger partial charge in [0.05, 0.1) is 18.8 Å². The summed E-state index contributed by atoms with van der Waals surface area (Å²) in [7, 11) is 0. The number of rotatable bonds is 5. The van der Waals surface area contributed by atoms with Gasteiger partial charge in [-0.25, -0.2) is 9.37 Å². The van der Waals surface area contributed by atoms with Crippen LogP contribution in [-0.4, -0.2) is 27.5 Å². The highest BCUT2D eigenvalue weighted by Crippen LogP contribution is 2.28. The van der Waals surface area contributed by atoms with Gasteiger partial charge in [-0.2, -0.15) is 4.98 Å². The predicted octanol–water partition coefficient (Wildman–Crippen LogP) is 3.06. The number of amides is 1. The molecule has 3 rings (SSSR count). The van der Waals surface area contributed by atoms with Crippen LogP contribution in [0.25, 0.3) is 0 Å². The van der Waals surface area contributed by atoms with E-state index in [1.807, 2.05) is 6.92 Å². The largest absolute Gasteiger partial charge is 0.392 e. The maximum absolute atomic E-state index is 13.8. The molecular formula is C17H18ClFN4O2. The summed E-state index contributed by atoms with van der Waals surface area (Å²) < 4.78 is 13.8. The molecule has 132 valence electrons. The molecule has 25 heavy (non-hydrogen) atoms. The summed E-state index contributed by atoms with van der Waals surface area (Å²) >= 11 is 6.13. The Morgan fingerprint density at radius 2 is 2.28 bits per heavy atom. The summed E-state index contributed by atoms with van der Waals surface area (Å²) in [4.78, 5) is 21.9. The molecule has 0 spiro atoms. The standard InChI is InChI=1S/C17H18ClFN4O2/c1-10(11-4-5-12(9-24)14(19)7-11)21-17-20-8-13(18)16(22-17)23-6-2-3-15(23)25/h4-5,7-8,10,24H,2-3,6,9H2,1H3,(H,20,21,22)/t10-/m0/s1. The monoisotopic (exact) mass is 364 g/mol. The number of aliphatic hydroxyl groups excluding tert-OH is 1. The van der Waals surface area contributed by atoms with Crippen molar-refractivity contribution in [2.45, 2.75) is 32.4 Å². The minimum Gasteiger partial charge on any atom is -0.392 e. The molecule has 1 atom stereocenters. The van der Waals surface area contributed by atoms with E-state index in [0.717, 1.165) is 6.42 Å². The van der Waals surface area contributed by atoms with Gasteiger partial charge in [-0.1, -0.05) is 23.7 Å². The average molecular weight is 365 g/mol. The van der Waals surface area contributed by atoms with E-state index in [-0.39, 0.29) is 24.1 Å². The first kappa shape index (κ1) is 17.6. The first-order chi connectivity index (χ1) is 12.0. The molecule has 2 N–H and O–H groups in total. The predicted molar refractivity (Wildman–Crippen MR) is 93.0 cm³/mol. The molecule has 1 aromatic carbocycles. The Labute approximate surface area is 149 Å². The van der Waals surface area contributed by atoms with Gasteiger partial charge in [-0.15, -0.1) is 0 Å². The Morgan fingerprint density at radius 1 is 1.48 bits per heavy atom. The summed E-state index contributed by atoms with van der Waals surface area (Å²) in [6.07, 6.45) is 2.70. The van der Waals surface area contributed by atoms with Crippen molar-refractivity contribution >= 4 is 29.3 Å². The van der Waals surface area contributed by atoms with Crippen LogP contribution in [0.4, 0.5) is 16.2 Å². The summed E-state index contributed by atoms with van der Waals surface area (Å²) in [6, 6.07) is 4.36. The molecule has 1 aliphatic rings. The first-order valence-electron chi connectivity index (χ1n) is 7.98. The number of hydrogen-bond acceptors (Lipinski definition) is 5. The smallest absolute Gasteiger partial charge is 0.228 e. The quantitative estimate of drug-likeness (QED) is 0.852. The molecule has 1 fully saturated rings. The zero-order valence-electron chi connectivity index (χ0n) is 13.7. The van der Waals surface area contributed by atoms with E-state index in [9.17, 15) is 9.18 Å². The topological polar surface area (TPSA) is 78.4 Å². The number of nitrogens with zero attached hydrogens (tertiary/aromatic N) is 3. The third kappa shape index (κ3) is 3.72. The number of halogens is 2. The van der Waals surface area contributed by atoms with E-state index in [4.69, 9.17) is 16.7 Å². The van der Waals surface area contributed by atoms with E-state index in [0.29, 0.717) is 35.3 Å². The zero-order chi connectivity index (χ0) is 18.0. The van der Waals surface area contributed by atoms with Crippen LogP contribution >= 0.6 is 11.6 Å². The summed E-state index contributed by atoms with van der Waals surface area (Å²) in [5.41, 5.74) is 0.931. The fourth-order valence-electron chi connectivity index (χ4n) is 2.73. The number of aliphatic hydroxyl groups is 1. The molecule has 1 aliphatic heterocycles. The van der Waals surface area contributed by atoms with Crippen molar-refractivity contribution < 1.29 is 14.3 Å². The van der Waals surface area contributed by atoms with Crippen LogP contribution in [0.5, 0.6) is 0 Å². The highest BCUT2D eigenvalue weighted by atomic mass is 35.5. The minimum absolute atomic E-state index is 0.0127. The molecule has 0 bridgehead atoms. The Bertz CT molecular complexity index is 802. The molecule has 6 nitrogen and oxygen atoms in total. The Morgan fingerprint density at radius 3 is 2.92 bits per heavy atom. The summed E-state index contributed by atoms with van der Waals surface area (Å²) in [6.45, 7) is 2.08. The highest BCUT2D eigenvalue weighted by molar-refractivity contribution is 6.33. The lowest BCUT2D eigenvalue weighted by Crippen LogP contribution is -2.25. The first-order valence-corrected chi connectivity index (χ1v) is 8.36. The number of anilines is 2. The molecule has 0 radical (unpaired) electrons. The van der Waals surface area contributed by atoms with Gasteiger partial charge in [0.25, 0.3) is 0 Å². The van der Waals surface area contributed by atoms with Crippen molar-refractivity contribution in [2.75, 3.05) is 16.8 Å². The Balaban J connectivity index is 1.80. The van der Waals surface area contributed by atoms with Gasteiger partial charge in [0, 0.05) is 18.5 Å². The molecule has 8 heteroatoms. The van der Waals surface area contributed by atoms with Gasteiger partial charge in [-0.3, -0.25) is 9.69 Å². The van der Waals surface area contributed by atoms with Gasteiger partial charge in [-0.05, 0) is 25.0 Å².